The average molecular weight is 288 g/mol. The topological polar surface area (TPSA) is 50.7 Å². The Labute approximate surface area is 122 Å². The van der Waals surface area contributed by atoms with Crippen molar-refractivity contribution in [1.82, 2.24) is 5.43 Å². The first kappa shape index (κ1) is 14.3. The predicted molar refractivity (Wildman–Crippen MR) is 81.5 cm³/mol. The first-order valence-corrected chi connectivity index (χ1v) is 7.08. The number of hydrogen-bond donors (Lipinski definition) is 1. The molecule has 4 nitrogen and oxygen atoms in total. The summed E-state index contributed by atoms with van der Waals surface area (Å²) in [6, 6.07) is 9.55. The van der Waals surface area contributed by atoms with Crippen LogP contribution in [-0.4, -0.2) is 18.7 Å². The van der Waals surface area contributed by atoms with E-state index in [1.54, 1.807) is 17.6 Å². The van der Waals surface area contributed by atoms with Crippen molar-refractivity contribution >= 4 is 23.5 Å². The van der Waals surface area contributed by atoms with Crippen LogP contribution < -0.4 is 10.2 Å². The standard InChI is InChI=1S/C15H16N2O2S/c1-11-3-5-13(6-4-11)19-10-15(18)17-16-9-14-12(2)7-8-20-14/h3-9H,10H2,1-2H3,(H,17,18)/b16-9+. The van der Waals surface area contributed by atoms with Crippen LogP contribution in [0.15, 0.2) is 40.8 Å². The second-order valence-corrected chi connectivity index (χ2v) is 5.31. The molecule has 0 atom stereocenters. The van der Waals surface area contributed by atoms with Gasteiger partial charge >= 0.3 is 0 Å². The third kappa shape index (κ3) is 4.20. The van der Waals surface area contributed by atoms with Gasteiger partial charge < -0.3 is 4.74 Å². The van der Waals surface area contributed by atoms with E-state index in [0.29, 0.717) is 5.75 Å². The molecule has 20 heavy (non-hydrogen) atoms. The molecule has 2 rings (SSSR count). The van der Waals surface area contributed by atoms with Gasteiger partial charge in [-0.3, -0.25) is 4.79 Å². The monoisotopic (exact) mass is 288 g/mol. The molecule has 0 bridgehead atoms. The Morgan fingerprint density at radius 2 is 2.05 bits per heavy atom. The molecule has 1 aromatic heterocycles. The molecule has 0 aliphatic heterocycles. The summed E-state index contributed by atoms with van der Waals surface area (Å²) in [7, 11) is 0. The van der Waals surface area contributed by atoms with E-state index in [-0.39, 0.29) is 12.5 Å². The Balaban J connectivity index is 1.77. The summed E-state index contributed by atoms with van der Waals surface area (Å²) in [6.45, 7) is 3.95. The number of rotatable bonds is 5. The van der Waals surface area contributed by atoms with E-state index in [1.165, 1.54) is 0 Å². The summed E-state index contributed by atoms with van der Waals surface area (Å²) in [5.74, 6) is 0.389. The van der Waals surface area contributed by atoms with Crippen LogP contribution in [-0.2, 0) is 4.79 Å². The number of hydrazone groups is 1. The van der Waals surface area contributed by atoms with Gasteiger partial charge in [0.2, 0.25) is 0 Å². The van der Waals surface area contributed by atoms with Crippen molar-refractivity contribution in [2.24, 2.45) is 5.10 Å². The summed E-state index contributed by atoms with van der Waals surface area (Å²) in [5.41, 5.74) is 4.74. The zero-order chi connectivity index (χ0) is 14.4. The molecule has 5 heteroatoms. The second-order valence-electron chi connectivity index (χ2n) is 4.36. The lowest BCUT2D eigenvalue weighted by atomic mass is 10.2. The highest BCUT2D eigenvalue weighted by molar-refractivity contribution is 7.11. The summed E-state index contributed by atoms with van der Waals surface area (Å²) < 4.78 is 5.35. The molecule has 0 saturated heterocycles. The normalized spacial score (nSPS) is 10.7. The minimum Gasteiger partial charge on any atom is -0.484 e. The zero-order valence-corrected chi connectivity index (χ0v) is 12.2. The number of thiophene rings is 1. The molecular weight excluding hydrogens is 272 g/mol. The van der Waals surface area contributed by atoms with Crippen LogP contribution in [0.4, 0.5) is 0 Å². The fraction of sp³-hybridized carbons (Fsp3) is 0.200. The highest BCUT2D eigenvalue weighted by atomic mass is 32.1. The Bertz CT molecular complexity index is 603. The van der Waals surface area contributed by atoms with Crippen molar-refractivity contribution in [2.75, 3.05) is 6.61 Å². The lowest BCUT2D eigenvalue weighted by molar-refractivity contribution is -0.123. The SMILES string of the molecule is Cc1ccc(OCC(=O)N/N=C/c2sccc2C)cc1. The molecule has 0 aliphatic rings. The number of ether oxygens (including phenoxy) is 1. The van der Waals surface area contributed by atoms with Crippen LogP contribution in [0.5, 0.6) is 5.75 Å². The average Bonchev–Trinajstić information content (AvgIpc) is 2.84. The number of nitrogens with one attached hydrogen (secondary N) is 1. The van der Waals surface area contributed by atoms with E-state index in [4.69, 9.17) is 4.74 Å². The molecule has 0 unspecified atom stereocenters. The molecule has 1 heterocycles. The summed E-state index contributed by atoms with van der Waals surface area (Å²) in [5, 5.41) is 5.89. The summed E-state index contributed by atoms with van der Waals surface area (Å²) in [6.07, 6.45) is 1.64. The lowest BCUT2D eigenvalue weighted by Crippen LogP contribution is -2.24. The number of hydrogen-bond acceptors (Lipinski definition) is 4. The molecule has 0 fully saturated rings. The van der Waals surface area contributed by atoms with E-state index in [0.717, 1.165) is 16.0 Å². The first-order valence-electron chi connectivity index (χ1n) is 6.20. The van der Waals surface area contributed by atoms with E-state index in [2.05, 4.69) is 10.5 Å². The van der Waals surface area contributed by atoms with E-state index in [9.17, 15) is 4.79 Å². The Morgan fingerprint density at radius 3 is 2.70 bits per heavy atom. The van der Waals surface area contributed by atoms with Gasteiger partial charge in [-0.15, -0.1) is 11.3 Å². The molecule has 0 saturated carbocycles. The first-order chi connectivity index (χ1) is 9.65. The molecule has 0 spiro atoms. The van der Waals surface area contributed by atoms with Crippen molar-refractivity contribution in [1.29, 1.82) is 0 Å². The maximum atomic E-state index is 11.6. The molecule has 1 amide bonds. The molecule has 1 aromatic carbocycles. The van der Waals surface area contributed by atoms with Crippen LogP contribution in [0.3, 0.4) is 0 Å². The molecular formula is C15H16N2O2S. The van der Waals surface area contributed by atoms with Crippen LogP contribution in [0.25, 0.3) is 0 Å². The van der Waals surface area contributed by atoms with Crippen molar-refractivity contribution in [3.8, 4) is 5.75 Å². The van der Waals surface area contributed by atoms with Gasteiger partial charge in [0.1, 0.15) is 5.75 Å². The van der Waals surface area contributed by atoms with E-state index >= 15 is 0 Å². The van der Waals surface area contributed by atoms with Crippen molar-refractivity contribution in [3.63, 3.8) is 0 Å². The second kappa shape index (κ2) is 6.86. The van der Waals surface area contributed by atoms with Crippen molar-refractivity contribution < 1.29 is 9.53 Å². The molecule has 1 N–H and O–H groups in total. The van der Waals surface area contributed by atoms with Crippen molar-refractivity contribution in [2.45, 2.75) is 13.8 Å². The van der Waals surface area contributed by atoms with Crippen molar-refractivity contribution in [3.05, 3.63) is 51.7 Å². The number of amides is 1. The Morgan fingerprint density at radius 1 is 1.30 bits per heavy atom. The molecule has 0 radical (unpaired) electrons. The minimum absolute atomic E-state index is 0.0518. The van der Waals surface area contributed by atoms with E-state index in [1.807, 2.05) is 49.6 Å². The van der Waals surface area contributed by atoms with Gasteiger partial charge in [0, 0.05) is 4.88 Å². The highest BCUT2D eigenvalue weighted by Gasteiger charge is 2.01. The summed E-state index contributed by atoms with van der Waals surface area (Å²) >= 11 is 1.58. The molecule has 2 aromatic rings. The minimum atomic E-state index is -0.281. The summed E-state index contributed by atoms with van der Waals surface area (Å²) in [4.78, 5) is 12.6. The quantitative estimate of drug-likeness (QED) is 0.679. The van der Waals surface area contributed by atoms with Crippen LogP contribution in [0, 0.1) is 13.8 Å². The third-order valence-corrected chi connectivity index (χ3v) is 3.62. The van der Waals surface area contributed by atoms with Gasteiger partial charge in [-0.1, -0.05) is 17.7 Å². The molecule has 104 valence electrons. The van der Waals surface area contributed by atoms with Gasteiger partial charge in [-0.05, 0) is 43.0 Å². The fourth-order valence-electron chi connectivity index (χ4n) is 1.50. The maximum absolute atomic E-state index is 11.6. The lowest BCUT2D eigenvalue weighted by Gasteiger charge is -2.04. The number of aryl methyl sites for hydroxylation is 2. The van der Waals surface area contributed by atoms with Gasteiger partial charge in [-0.25, -0.2) is 5.43 Å². The predicted octanol–water partition coefficient (Wildman–Crippen LogP) is 2.89. The molecule has 0 aliphatic carbocycles. The van der Waals surface area contributed by atoms with Crippen LogP contribution in [0.1, 0.15) is 16.0 Å². The van der Waals surface area contributed by atoms with Gasteiger partial charge in [0.15, 0.2) is 6.61 Å². The third-order valence-electron chi connectivity index (χ3n) is 2.66. The zero-order valence-electron chi connectivity index (χ0n) is 11.4. The van der Waals surface area contributed by atoms with Gasteiger partial charge in [0.25, 0.3) is 5.91 Å². The Kier molecular flexibility index (Phi) is 4.90. The smallest absolute Gasteiger partial charge is 0.277 e. The largest absolute Gasteiger partial charge is 0.484 e. The Hall–Kier alpha value is -2.14. The van der Waals surface area contributed by atoms with Gasteiger partial charge in [0.05, 0.1) is 6.21 Å². The van der Waals surface area contributed by atoms with Crippen LogP contribution in [0.2, 0.25) is 0 Å². The number of carbonyl (C=O) groups is 1. The van der Waals surface area contributed by atoms with E-state index < -0.39 is 0 Å². The fourth-order valence-corrected chi connectivity index (χ4v) is 2.28. The highest BCUT2D eigenvalue weighted by Crippen LogP contribution is 2.12. The van der Waals surface area contributed by atoms with Gasteiger partial charge in [-0.2, -0.15) is 5.10 Å². The maximum Gasteiger partial charge on any atom is 0.277 e. The number of nitrogens with zero attached hydrogens (tertiary/aromatic N) is 1. The number of carbonyl (C=O) groups excluding carboxylic acids is 1. The van der Waals surface area contributed by atoms with Crippen LogP contribution >= 0.6 is 11.3 Å². The number of benzene rings is 1.